The van der Waals surface area contributed by atoms with E-state index in [1.165, 1.54) is 6.20 Å². The molecule has 4 heteroatoms. The lowest BCUT2D eigenvalue weighted by Gasteiger charge is -1.72. The van der Waals surface area contributed by atoms with Crippen molar-refractivity contribution < 1.29 is 4.42 Å². The van der Waals surface area contributed by atoms with E-state index in [2.05, 4.69) is 25.3 Å². The van der Waals surface area contributed by atoms with Crippen LogP contribution >= 0.6 is 15.9 Å². The maximum Gasteiger partial charge on any atom is 0.265 e. The molecule has 1 rings (SSSR count). The van der Waals surface area contributed by atoms with Crippen LogP contribution in [-0.4, -0.2) is 4.98 Å². The smallest absolute Gasteiger partial charge is 0.265 e. The average molecular weight is 163 g/mol. The summed E-state index contributed by atoms with van der Waals surface area (Å²) >= 11 is 2.97. The Hall–Kier alpha value is -0.510. The number of nitrogen functional groups attached to an aromatic ring is 1. The molecule has 0 aromatic carbocycles. The first kappa shape index (κ1) is 4.64. The molecule has 0 bridgehead atoms. The minimum atomic E-state index is 0.326. The highest BCUT2D eigenvalue weighted by Crippen LogP contribution is 2.09. The zero-order valence-corrected chi connectivity index (χ0v) is 4.97. The van der Waals surface area contributed by atoms with Crippen LogP contribution in [-0.2, 0) is 0 Å². The molecule has 0 aliphatic rings. The predicted molar refractivity (Wildman–Crippen MR) is 28.6 cm³/mol. The van der Waals surface area contributed by atoms with E-state index in [1.54, 1.807) is 0 Å². The van der Waals surface area contributed by atoms with Gasteiger partial charge in [-0.05, 0) is 0 Å². The molecule has 0 atom stereocenters. The third kappa shape index (κ3) is 0.928. The molecule has 0 saturated heterocycles. The number of nitrogens with two attached hydrogens (primary N) is 1. The topological polar surface area (TPSA) is 52.0 Å². The number of hydrogen-bond donors (Lipinski definition) is 1. The Balaban J connectivity index is 3.04. The largest absolute Gasteiger partial charge is 0.415 e. The van der Waals surface area contributed by atoms with Crippen LogP contribution in [0.3, 0.4) is 0 Å². The third-order valence-electron chi connectivity index (χ3n) is 0.495. The number of rotatable bonds is 0. The van der Waals surface area contributed by atoms with Gasteiger partial charge in [0.05, 0.1) is 6.20 Å². The molecule has 0 aliphatic heterocycles. The van der Waals surface area contributed by atoms with E-state index in [4.69, 9.17) is 5.73 Å². The molecule has 7 heavy (non-hydrogen) atoms. The molecule has 3 nitrogen and oxygen atoms in total. The SMILES string of the molecule is Nc1cnc(Br)o1. The van der Waals surface area contributed by atoms with Crippen molar-refractivity contribution in [3.63, 3.8) is 0 Å². The van der Waals surface area contributed by atoms with Crippen LogP contribution < -0.4 is 5.73 Å². The summed E-state index contributed by atoms with van der Waals surface area (Å²) in [6.45, 7) is 0. The summed E-state index contributed by atoms with van der Waals surface area (Å²) in [5.74, 6) is 0.326. The summed E-state index contributed by atoms with van der Waals surface area (Å²) in [6.07, 6.45) is 1.43. The molecule has 1 aromatic rings. The van der Waals surface area contributed by atoms with Gasteiger partial charge in [0.2, 0.25) is 5.88 Å². The summed E-state index contributed by atoms with van der Waals surface area (Å²) in [5, 5.41) is 0. The van der Waals surface area contributed by atoms with Gasteiger partial charge in [0.25, 0.3) is 4.80 Å². The molecule has 0 amide bonds. The molecule has 1 heterocycles. The van der Waals surface area contributed by atoms with E-state index in [9.17, 15) is 0 Å². The predicted octanol–water partition coefficient (Wildman–Crippen LogP) is 1.02. The van der Waals surface area contributed by atoms with Crippen LogP contribution in [0.5, 0.6) is 0 Å². The van der Waals surface area contributed by atoms with Crippen LogP contribution in [0.1, 0.15) is 0 Å². The van der Waals surface area contributed by atoms with Gasteiger partial charge in [0, 0.05) is 15.9 Å². The minimum Gasteiger partial charge on any atom is -0.415 e. The van der Waals surface area contributed by atoms with E-state index in [0.717, 1.165) is 0 Å². The van der Waals surface area contributed by atoms with Crippen LogP contribution in [0.2, 0.25) is 0 Å². The van der Waals surface area contributed by atoms with Gasteiger partial charge in [0.15, 0.2) is 0 Å². The highest BCUT2D eigenvalue weighted by atomic mass is 79.9. The standard InChI is InChI=1S/C3H3BrN2O/c4-3-6-1-2(5)7-3/h1H,5H2. The molecule has 38 valence electrons. The number of halogens is 1. The summed E-state index contributed by atoms with van der Waals surface area (Å²) < 4.78 is 4.67. The molecule has 0 aliphatic carbocycles. The molecule has 0 spiro atoms. The minimum absolute atomic E-state index is 0.326. The lowest BCUT2D eigenvalue weighted by Crippen LogP contribution is -1.75. The summed E-state index contributed by atoms with van der Waals surface area (Å²) in [5.41, 5.74) is 5.12. The van der Waals surface area contributed by atoms with Gasteiger partial charge in [-0.25, -0.2) is 4.98 Å². The zero-order valence-electron chi connectivity index (χ0n) is 3.39. The molecule has 0 fully saturated rings. The Bertz CT molecular complexity index is 145. The Morgan fingerprint density at radius 3 is 2.71 bits per heavy atom. The van der Waals surface area contributed by atoms with Gasteiger partial charge < -0.3 is 10.2 Å². The summed E-state index contributed by atoms with van der Waals surface area (Å²) in [7, 11) is 0. The van der Waals surface area contributed by atoms with Crippen molar-refractivity contribution in [3.05, 3.63) is 11.0 Å². The van der Waals surface area contributed by atoms with E-state index < -0.39 is 0 Å². The first-order valence-corrected chi connectivity index (χ1v) is 2.45. The Morgan fingerprint density at radius 1 is 1.86 bits per heavy atom. The lowest BCUT2D eigenvalue weighted by atomic mass is 10.9. The van der Waals surface area contributed by atoms with Gasteiger partial charge in [-0.2, -0.15) is 0 Å². The normalized spacial score (nSPS) is 9.29. The highest BCUT2D eigenvalue weighted by molar-refractivity contribution is 9.10. The molecular weight excluding hydrogens is 160 g/mol. The number of aromatic nitrogens is 1. The Labute approximate surface area is 48.7 Å². The third-order valence-corrected chi connectivity index (χ3v) is 0.862. The van der Waals surface area contributed by atoms with Gasteiger partial charge in [-0.15, -0.1) is 0 Å². The maximum atomic E-state index is 5.12. The monoisotopic (exact) mass is 162 g/mol. The van der Waals surface area contributed by atoms with Crippen LogP contribution in [0, 0.1) is 0 Å². The Morgan fingerprint density at radius 2 is 2.57 bits per heavy atom. The van der Waals surface area contributed by atoms with Crippen LogP contribution in [0.15, 0.2) is 15.4 Å². The molecular formula is C3H3BrN2O. The fraction of sp³-hybridized carbons (Fsp3) is 0. The van der Waals surface area contributed by atoms with Crippen molar-refractivity contribution in [2.45, 2.75) is 0 Å². The number of oxazole rings is 1. The van der Waals surface area contributed by atoms with E-state index in [0.29, 0.717) is 10.7 Å². The molecule has 1 aromatic heterocycles. The van der Waals surface area contributed by atoms with Crippen molar-refractivity contribution in [3.8, 4) is 0 Å². The molecule has 0 radical (unpaired) electrons. The van der Waals surface area contributed by atoms with Crippen molar-refractivity contribution >= 4 is 21.8 Å². The quantitative estimate of drug-likeness (QED) is 0.620. The summed E-state index contributed by atoms with van der Waals surface area (Å²) in [4.78, 5) is 4.06. The second-order valence-electron chi connectivity index (χ2n) is 1.02. The lowest BCUT2D eigenvalue weighted by molar-refractivity contribution is 0.547. The highest BCUT2D eigenvalue weighted by Gasteiger charge is 1.90. The van der Waals surface area contributed by atoms with Crippen molar-refractivity contribution in [2.24, 2.45) is 0 Å². The average Bonchev–Trinajstić information content (AvgIpc) is 1.87. The number of anilines is 1. The second-order valence-corrected chi connectivity index (χ2v) is 1.69. The van der Waals surface area contributed by atoms with Crippen molar-refractivity contribution in [1.82, 2.24) is 4.98 Å². The first-order valence-electron chi connectivity index (χ1n) is 1.66. The maximum absolute atomic E-state index is 5.12. The second kappa shape index (κ2) is 1.54. The molecule has 2 N–H and O–H groups in total. The fourth-order valence-corrected chi connectivity index (χ4v) is 0.554. The van der Waals surface area contributed by atoms with E-state index in [-0.39, 0.29) is 0 Å². The van der Waals surface area contributed by atoms with Gasteiger partial charge in [-0.3, -0.25) is 0 Å². The number of nitrogens with zero attached hydrogens (tertiary/aromatic N) is 1. The number of hydrogen-bond acceptors (Lipinski definition) is 3. The fourth-order valence-electron chi connectivity index (χ4n) is 0.264. The van der Waals surface area contributed by atoms with E-state index in [1.807, 2.05) is 0 Å². The van der Waals surface area contributed by atoms with Gasteiger partial charge in [0.1, 0.15) is 0 Å². The molecule has 0 unspecified atom stereocenters. The zero-order chi connectivity index (χ0) is 5.28. The van der Waals surface area contributed by atoms with Crippen LogP contribution in [0.25, 0.3) is 0 Å². The Kier molecular flexibility index (Phi) is 1.02. The van der Waals surface area contributed by atoms with Gasteiger partial charge >= 0.3 is 0 Å². The van der Waals surface area contributed by atoms with Crippen LogP contribution in [0.4, 0.5) is 5.88 Å². The molecule has 0 saturated carbocycles. The first-order chi connectivity index (χ1) is 3.29. The van der Waals surface area contributed by atoms with E-state index >= 15 is 0 Å². The van der Waals surface area contributed by atoms with Crippen molar-refractivity contribution in [2.75, 3.05) is 5.73 Å². The summed E-state index contributed by atoms with van der Waals surface area (Å²) in [6, 6.07) is 0. The van der Waals surface area contributed by atoms with Crippen molar-refractivity contribution in [1.29, 1.82) is 0 Å². The van der Waals surface area contributed by atoms with Gasteiger partial charge in [-0.1, -0.05) is 0 Å².